The van der Waals surface area contributed by atoms with Gasteiger partial charge in [0.2, 0.25) is 0 Å². The summed E-state index contributed by atoms with van der Waals surface area (Å²) in [5, 5.41) is 0. The van der Waals surface area contributed by atoms with Gasteiger partial charge >= 0.3 is 5.97 Å². The Kier molecular flexibility index (Phi) is 42.5. The minimum absolute atomic E-state index is 0.0233. The first kappa shape index (κ1) is 58.2. The summed E-state index contributed by atoms with van der Waals surface area (Å²) in [5.41, 5.74) is 0. The summed E-state index contributed by atoms with van der Waals surface area (Å²) in [6.07, 6.45) is 55.2. The first-order valence-corrected chi connectivity index (χ1v) is 26.0. The Morgan fingerprint density at radius 2 is 0.967 bits per heavy atom. The van der Waals surface area contributed by atoms with Crippen LogP contribution in [0.15, 0.2) is 60.8 Å². The molecule has 0 aliphatic carbocycles. The van der Waals surface area contributed by atoms with Crippen molar-refractivity contribution in [1.82, 2.24) is 0 Å². The van der Waals surface area contributed by atoms with E-state index in [9.17, 15) is 14.3 Å². The van der Waals surface area contributed by atoms with Gasteiger partial charge in [-0.15, -0.1) is 0 Å². The van der Waals surface area contributed by atoms with E-state index in [2.05, 4.69) is 74.6 Å². The Morgan fingerprint density at radius 1 is 0.533 bits per heavy atom. The molecule has 0 saturated heterocycles. The highest BCUT2D eigenvalue weighted by Gasteiger charge is 2.20. The van der Waals surface area contributed by atoms with Crippen molar-refractivity contribution in [2.75, 3.05) is 54.1 Å². The number of hydrogen-bond acceptors (Lipinski definition) is 7. The average Bonchev–Trinajstić information content (AvgIpc) is 3.20. The maximum atomic E-state index is 12.7. The van der Waals surface area contributed by atoms with Crippen molar-refractivity contribution < 1.29 is 37.3 Å². The molecule has 0 amide bonds. The molecule has 0 aliphatic rings. The van der Waals surface area contributed by atoms with Crippen LogP contribution >= 0.6 is 7.82 Å². The Labute approximate surface area is 370 Å². The van der Waals surface area contributed by atoms with Crippen LogP contribution in [-0.2, 0) is 27.9 Å². The monoisotopic (exact) mass is 864 g/mol. The molecule has 0 radical (unpaired) electrons. The van der Waals surface area contributed by atoms with Crippen LogP contribution in [0.2, 0.25) is 0 Å². The summed E-state index contributed by atoms with van der Waals surface area (Å²) in [4.78, 5) is 25.1. The maximum absolute atomic E-state index is 12.7. The zero-order valence-corrected chi connectivity index (χ0v) is 40.5. The van der Waals surface area contributed by atoms with E-state index in [0.29, 0.717) is 24.1 Å². The summed E-state index contributed by atoms with van der Waals surface area (Å²) in [5.74, 6) is -0.337. The normalized spacial score (nSPS) is 14.2. The maximum Gasteiger partial charge on any atom is 0.306 e. The molecule has 60 heavy (non-hydrogen) atoms. The number of ether oxygens (including phenoxy) is 2. The molecule has 0 fully saturated rings. The molecule has 0 saturated carbocycles. The van der Waals surface area contributed by atoms with Gasteiger partial charge in [0, 0.05) is 13.0 Å². The van der Waals surface area contributed by atoms with Gasteiger partial charge in [0.1, 0.15) is 19.3 Å². The lowest BCUT2D eigenvalue weighted by Crippen LogP contribution is -2.37. The Balaban J connectivity index is 4.15. The van der Waals surface area contributed by atoms with E-state index in [1.54, 1.807) is 0 Å². The van der Waals surface area contributed by atoms with Gasteiger partial charge in [-0.2, -0.15) is 0 Å². The summed E-state index contributed by atoms with van der Waals surface area (Å²) >= 11 is 0. The lowest BCUT2D eigenvalue weighted by Gasteiger charge is -2.28. The van der Waals surface area contributed by atoms with E-state index in [0.717, 1.165) is 70.6 Å². The highest BCUT2D eigenvalue weighted by atomic mass is 31.2. The number of unbranched alkanes of at least 4 members (excludes halogenated alkanes) is 21. The molecule has 2 unspecified atom stereocenters. The predicted octanol–water partition coefficient (Wildman–Crippen LogP) is 14.3. The molecular formula is C51H94NO7P. The molecule has 0 bridgehead atoms. The molecule has 0 aromatic carbocycles. The highest BCUT2D eigenvalue weighted by Crippen LogP contribution is 2.38. The number of hydrogen-bond donors (Lipinski definition) is 0. The summed E-state index contributed by atoms with van der Waals surface area (Å²) in [7, 11) is 1.35. The molecule has 0 N–H and O–H groups in total. The average molecular weight is 864 g/mol. The lowest BCUT2D eigenvalue weighted by molar-refractivity contribution is -0.870. The second-order valence-electron chi connectivity index (χ2n) is 17.4. The predicted molar refractivity (Wildman–Crippen MR) is 254 cm³/mol. The van der Waals surface area contributed by atoms with E-state index >= 15 is 0 Å². The highest BCUT2D eigenvalue weighted by molar-refractivity contribution is 7.45. The summed E-state index contributed by atoms with van der Waals surface area (Å²) in [6.45, 7) is 5.29. The van der Waals surface area contributed by atoms with Crippen LogP contribution in [0.1, 0.15) is 200 Å². The number of carbonyl (C=O) groups excluding carboxylic acids is 1. The van der Waals surface area contributed by atoms with Crippen molar-refractivity contribution in [3.8, 4) is 0 Å². The van der Waals surface area contributed by atoms with Crippen molar-refractivity contribution in [2.24, 2.45) is 0 Å². The first-order chi connectivity index (χ1) is 29.1. The van der Waals surface area contributed by atoms with Crippen molar-refractivity contribution in [3.63, 3.8) is 0 Å². The SMILES string of the molecule is CC/C=C\C/C=C\C/C=C\C/C=C\C/C=C\CCCCCCCCCCOCC(COP(=O)([O-])OCC[N+](C)(C)C)OC(=O)CCCCCCCCCCCCCCCC. The molecule has 0 aromatic heterocycles. The van der Waals surface area contributed by atoms with Crippen LogP contribution in [0.25, 0.3) is 0 Å². The van der Waals surface area contributed by atoms with E-state index in [-0.39, 0.29) is 25.8 Å². The summed E-state index contributed by atoms with van der Waals surface area (Å²) in [6, 6.07) is 0. The molecular weight excluding hydrogens is 770 g/mol. The minimum atomic E-state index is -4.53. The second-order valence-corrected chi connectivity index (χ2v) is 18.9. The third kappa shape index (κ3) is 47.3. The minimum Gasteiger partial charge on any atom is -0.756 e. The van der Waals surface area contributed by atoms with Crippen LogP contribution in [0.3, 0.4) is 0 Å². The van der Waals surface area contributed by atoms with Gasteiger partial charge in [-0.3, -0.25) is 9.36 Å². The van der Waals surface area contributed by atoms with Crippen molar-refractivity contribution >= 4 is 13.8 Å². The fraction of sp³-hybridized carbons (Fsp3) is 0.784. The molecule has 0 rings (SSSR count). The molecule has 350 valence electrons. The zero-order valence-electron chi connectivity index (χ0n) is 39.6. The van der Waals surface area contributed by atoms with Gasteiger partial charge in [0.25, 0.3) is 7.82 Å². The number of carbonyl (C=O) groups is 1. The largest absolute Gasteiger partial charge is 0.756 e. The molecule has 9 heteroatoms. The van der Waals surface area contributed by atoms with Crippen LogP contribution in [0.5, 0.6) is 0 Å². The van der Waals surface area contributed by atoms with E-state index < -0.39 is 13.9 Å². The summed E-state index contributed by atoms with van der Waals surface area (Å²) < 4.78 is 34.7. The Morgan fingerprint density at radius 3 is 1.45 bits per heavy atom. The number of likely N-dealkylation sites (N-methyl/N-ethyl adjacent to an activating group) is 1. The van der Waals surface area contributed by atoms with Gasteiger partial charge in [-0.05, 0) is 57.8 Å². The lowest BCUT2D eigenvalue weighted by atomic mass is 10.0. The third-order valence-electron chi connectivity index (χ3n) is 10.3. The van der Waals surface area contributed by atoms with Crippen molar-refractivity contribution in [1.29, 1.82) is 0 Å². The molecule has 0 heterocycles. The number of nitrogens with zero attached hydrogens (tertiary/aromatic N) is 1. The molecule has 0 aromatic rings. The molecule has 2 atom stereocenters. The number of phosphoric ester groups is 1. The number of rotatable bonds is 45. The molecule has 8 nitrogen and oxygen atoms in total. The van der Waals surface area contributed by atoms with E-state index in [1.807, 2.05) is 21.1 Å². The smallest absolute Gasteiger partial charge is 0.306 e. The second kappa shape index (κ2) is 43.8. The zero-order chi connectivity index (χ0) is 44.1. The number of phosphoric acid groups is 1. The molecule has 0 aliphatic heterocycles. The standard InChI is InChI=1S/C51H94NO7P/c1-6-8-10-12-14-16-18-20-22-23-24-25-26-27-28-29-30-31-33-35-37-39-41-43-46-56-48-50(49-58-60(54,55)57-47-45-52(3,4)5)59-51(53)44-42-40-38-36-34-32-21-19-17-15-13-11-9-7-2/h8,10,14,16,20,22,24-25,27-28,50H,6-7,9,11-13,15,17-19,21,23,26,29-49H2,1-5H3/b10-8-,16-14-,22-20-,25-24-,28-27-. The van der Waals surface area contributed by atoms with Crippen molar-refractivity contribution in [2.45, 2.75) is 206 Å². The first-order valence-electron chi connectivity index (χ1n) is 24.5. The fourth-order valence-electron chi connectivity index (χ4n) is 6.57. The van der Waals surface area contributed by atoms with Crippen LogP contribution < -0.4 is 4.89 Å². The van der Waals surface area contributed by atoms with Crippen LogP contribution in [0, 0.1) is 0 Å². The third-order valence-corrected chi connectivity index (χ3v) is 11.3. The fourth-order valence-corrected chi connectivity index (χ4v) is 7.30. The number of esters is 1. The Bertz CT molecular complexity index is 1140. The Hall–Kier alpha value is -1.80. The van der Waals surface area contributed by atoms with E-state index in [1.165, 1.54) is 109 Å². The van der Waals surface area contributed by atoms with Gasteiger partial charge < -0.3 is 27.9 Å². The van der Waals surface area contributed by atoms with Gasteiger partial charge in [-0.25, -0.2) is 0 Å². The molecule has 0 spiro atoms. The number of quaternary nitrogens is 1. The van der Waals surface area contributed by atoms with Crippen LogP contribution in [-0.4, -0.2) is 70.7 Å². The number of allylic oxidation sites excluding steroid dienone is 10. The van der Waals surface area contributed by atoms with Crippen LogP contribution in [0.4, 0.5) is 0 Å². The van der Waals surface area contributed by atoms with Gasteiger partial charge in [0.15, 0.2) is 0 Å². The quantitative estimate of drug-likeness (QED) is 0.0198. The van der Waals surface area contributed by atoms with Gasteiger partial charge in [0.05, 0.1) is 34.4 Å². The topological polar surface area (TPSA) is 94.1 Å². The van der Waals surface area contributed by atoms with Gasteiger partial charge in [-0.1, -0.05) is 197 Å². The van der Waals surface area contributed by atoms with E-state index in [4.69, 9.17) is 18.5 Å². The van der Waals surface area contributed by atoms with Crippen molar-refractivity contribution in [3.05, 3.63) is 60.8 Å².